The minimum atomic E-state index is -0.181. The molecule has 0 heterocycles. The Labute approximate surface area is 83.5 Å². The molecular formula is C11H15NO2. The molecule has 0 saturated carbocycles. The fraction of sp³-hybridized carbons (Fsp3) is 0.273. The molecule has 0 radical (unpaired) electrons. The minimum absolute atomic E-state index is 0.128. The average Bonchev–Trinajstić information content (AvgIpc) is 2.08. The van der Waals surface area contributed by atoms with Crippen LogP contribution in [0.5, 0.6) is 11.5 Å². The van der Waals surface area contributed by atoms with Crippen LogP contribution in [0.15, 0.2) is 30.4 Å². The predicted octanol–water partition coefficient (Wildman–Crippen LogP) is 2.06. The molecule has 1 aromatic carbocycles. The van der Waals surface area contributed by atoms with Crippen LogP contribution in [0.4, 0.5) is 0 Å². The monoisotopic (exact) mass is 193 g/mol. The second-order valence-electron chi connectivity index (χ2n) is 3.52. The van der Waals surface area contributed by atoms with E-state index in [0.29, 0.717) is 6.42 Å². The van der Waals surface area contributed by atoms with Crippen molar-refractivity contribution in [3.05, 3.63) is 35.9 Å². The standard InChI is InChI=1S/C11H15NO2/c1-7(2)5-9(12)8-3-4-10(13)11(14)6-8/h3-4,6,9,13-14H,1,5,12H2,2H3/t9-/m1/s1. The second-order valence-corrected chi connectivity index (χ2v) is 3.52. The Morgan fingerprint density at radius 3 is 2.57 bits per heavy atom. The molecule has 0 aliphatic carbocycles. The van der Waals surface area contributed by atoms with E-state index >= 15 is 0 Å². The summed E-state index contributed by atoms with van der Waals surface area (Å²) in [4.78, 5) is 0. The lowest BCUT2D eigenvalue weighted by Crippen LogP contribution is -2.10. The minimum Gasteiger partial charge on any atom is -0.504 e. The van der Waals surface area contributed by atoms with E-state index in [9.17, 15) is 5.11 Å². The zero-order valence-corrected chi connectivity index (χ0v) is 8.20. The van der Waals surface area contributed by atoms with Crippen LogP contribution in [0, 0.1) is 0 Å². The average molecular weight is 193 g/mol. The molecule has 3 heteroatoms. The molecule has 1 atom stereocenters. The third kappa shape index (κ3) is 2.50. The quantitative estimate of drug-likeness (QED) is 0.508. The summed E-state index contributed by atoms with van der Waals surface area (Å²) in [6.07, 6.45) is 0.671. The van der Waals surface area contributed by atoms with E-state index < -0.39 is 0 Å². The molecule has 14 heavy (non-hydrogen) atoms. The smallest absolute Gasteiger partial charge is 0.157 e. The van der Waals surface area contributed by atoms with Gasteiger partial charge in [0.05, 0.1) is 0 Å². The van der Waals surface area contributed by atoms with Gasteiger partial charge in [0.25, 0.3) is 0 Å². The Hall–Kier alpha value is -1.48. The van der Waals surface area contributed by atoms with Crippen molar-refractivity contribution in [2.75, 3.05) is 0 Å². The molecule has 0 amide bonds. The number of aromatic hydroxyl groups is 2. The van der Waals surface area contributed by atoms with Gasteiger partial charge in [-0.3, -0.25) is 0 Å². The van der Waals surface area contributed by atoms with Gasteiger partial charge >= 0.3 is 0 Å². The number of phenolic OH excluding ortho intramolecular Hbond substituents is 2. The number of phenols is 2. The Bertz CT molecular complexity index is 347. The van der Waals surface area contributed by atoms with Crippen LogP contribution in [0.1, 0.15) is 24.9 Å². The van der Waals surface area contributed by atoms with Crippen molar-refractivity contribution >= 4 is 0 Å². The van der Waals surface area contributed by atoms with Gasteiger partial charge in [0, 0.05) is 6.04 Å². The maximum absolute atomic E-state index is 9.26. The molecule has 0 saturated heterocycles. The Kier molecular flexibility index (Phi) is 3.14. The van der Waals surface area contributed by atoms with Gasteiger partial charge in [-0.15, -0.1) is 6.58 Å². The SMILES string of the molecule is C=C(C)C[C@@H](N)c1ccc(O)c(O)c1. The molecule has 0 aliphatic rings. The van der Waals surface area contributed by atoms with Gasteiger partial charge in [0.1, 0.15) is 0 Å². The Balaban J connectivity index is 2.85. The predicted molar refractivity (Wildman–Crippen MR) is 56.1 cm³/mol. The van der Waals surface area contributed by atoms with Crippen LogP contribution >= 0.6 is 0 Å². The first-order chi connectivity index (χ1) is 6.50. The third-order valence-electron chi connectivity index (χ3n) is 2.00. The molecule has 0 fully saturated rings. The number of benzene rings is 1. The highest BCUT2D eigenvalue weighted by Crippen LogP contribution is 2.28. The maximum atomic E-state index is 9.26. The van der Waals surface area contributed by atoms with Crippen LogP contribution in [-0.2, 0) is 0 Å². The second kappa shape index (κ2) is 4.15. The summed E-state index contributed by atoms with van der Waals surface area (Å²) >= 11 is 0. The van der Waals surface area contributed by atoms with Gasteiger partial charge in [0.2, 0.25) is 0 Å². The van der Waals surface area contributed by atoms with E-state index in [4.69, 9.17) is 10.8 Å². The molecule has 3 nitrogen and oxygen atoms in total. The zero-order chi connectivity index (χ0) is 10.7. The normalized spacial score (nSPS) is 12.4. The lowest BCUT2D eigenvalue weighted by molar-refractivity contribution is 0.402. The molecule has 1 rings (SSSR count). The summed E-state index contributed by atoms with van der Waals surface area (Å²) in [5, 5.41) is 18.4. The first-order valence-electron chi connectivity index (χ1n) is 4.42. The van der Waals surface area contributed by atoms with Crippen LogP contribution in [0.25, 0.3) is 0 Å². The molecule has 4 N–H and O–H groups in total. The maximum Gasteiger partial charge on any atom is 0.157 e. The Morgan fingerprint density at radius 2 is 2.07 bits per heavy atom. The Morgan fingerprint density at radius 1 is 1.43 bits per heavy atom. The van der Waals surface area contributed by atoms with Crippen LogP contribution in [-0.4, -0.2) is 10.2 Å². The van der Waals surface area contributed by atoms with E-state index in [-0.39, 0.29) is 17.5 Å². The topological polar surface area (TPSA) is 66.5 Å². The van der Waals surface area contributed by atoms with Gasteiger partial charge in [-0.05, 0) is 31.0 Å². The molecular weight excluding hydrogens is 178 g/mol. The van der Waals surface area contributed by atoms with E-state index in [2.05, 4.69) is 6.58 Å². The van der Waals surface area contributed by atoms with Gasteiger partial charge in [-0.1, -0.05) is 11.6 Å². The highest BCUT2D eigenvalue weighted by atomic mass is 16.3. The van der Waals surface area contributed by atoms with Crippen LogP contribution in [0.3, 0.4) is 0 Å². The van der Waals surface area contributed by atoms with E-state index in [0.717, 1.165) is 11.1 Å². The van der Waals surface area contributed by atoms with Crippen molar-refractivity contribution < 1.29 is 10.2 Å². The lowest BCUT2D eigenvalue weighted by atomic mass is 10.0. The largest absolute Gasteiger partial charge is 0.504 e. The van der Waals surface area contributed by atoms with Crippen molar-refractivity contribution in [2.45, 2.75) is 19.4 Å². The fourth-order valence-corrected chi connectivity index (χ4v) is 1.26. The van der Waals surface area contributed by atoms with Crippen LogP contribution < -0.4 is 5.73 Å². The van der Waals surface area contributed by atoms with Crippen molar-refractivity contribution in [3.8, 4) is 11.5 Å². The lowest BCUT2D eigenvalue weighted by Gasteiger charge is -2.12. The third-order valence-corrected chi connectivity index (χ3v) is 2.00. The summed E-state index contributed by atoms with van der Waals surface area (Å²) in [6, 6.07) is 4.42. The molecule has 0 unspecified atom stereocenters. The summed E-state index contributed by atoms with van der Waals surface area (Å²) in [5.41, 5.74) is 7.65. The molecule has 0 aliphatic heterocycles. The highest BCUT2D eigenvalue weighted by molar-refractivity contribution is 5.41. The summed E-state index contributed by atoms with van der Waals surface area (Å²) < 4.78 is 0. The van der Waals surface area contributed by atoms with Gasteiger partial charge < -0.3 is 15.9 Å². The zero-order valence-electron chi connectivity index (χ0n) is 8.20. The van der Waals surface area contributed by atoms with Crippen molar-refractivity contribution in [3.63, 3.8) is 0 Å². The van der Waals surface area contributed by atoms with Gasteiger partial charge in [0.15, 0.2) is 11.5 Å². The van der Waals surface area contributed by atoms with E-state index in [1.54, 1.807) is 6.07 Å². The van der Waals surface area contributed by atoms with E-state index in [1.807, 2.05) is 6.92 Å². The van der Waals surface area contributed by atoms with Crippen molar-refractivity contribution in [2.24, 2.45) is 5.73 Å². The summed E-state index contributed by atoms with van der Waals surface area (Å²) in [5.74, 6) is -0.268. The first-order valence-corrected chi connectivity index (χ1v) is 4.42. The number of rotatable bonds is 3. The van der Waals surface area contributed by atoms with Crippen LogP contribution in [0.2, 0.25) is 0 Å². The highest BCUT2D eigenvalue weighted by Gasteiger charge is 2.08. The van der Waals surface area contributed by atoms with Crippen molar-refractivity contribution in [1.29, 1.82) is 0 Å². The molecule has 0 bridgehead atoms. The number of nitrogens with two attached hydrogens (primary N) is 1. The molecule has 1 aromatic rings. The van der Waals surface area contributed by atoms with Gasteiger partial charge in [-0.2, -0.15) is 0 Å². The molecule has 0 aromatic heterocycles. The van der Waals surface area contributed by atoms with Gasteiger partial charge in [-0.25, -0.2) is 0 Å². The summed E-state index contributed by atoms with van der Waals surface area (Å²) in [6.45, 7) is 5.67. The number of hydrogen-bond acceptors (Lipinski definition) is 3. The molecule has 0 spiro atoms. The molecule has 76 valence electrons. The first kappa shape index (κ1) is 10.6. The van der Waals surface area contributed by atoms with E-state index in [1.165, 1.54) is 12.1 Å². The van der Waals surface area contributed by atoms with Crippen molar-refractivity contribution in [1.82, 2.24) is 0 Å². The number of hydrogen-bond donors (Lipinski definition) is 3. The fourth-order valence-electron chi connectivity index (χ4n) is 1.26. The summed E-state index contributed by atoms with van der Waals surface area (Å²) in [7, 11) is 0.